The Hall–Kier alpha value is -2.06. The zero-order valence-electron chi connectivity index (χ0n) is 19.2. The normalized spacial score (nSPS) is 16.0. The standard InChI is InChI=1S/C22H33N5O2S/c1-14-17-15(2)23-21(22(3,4)5)24-19(17)30-18(14)20(29)27-10-8-9-26(11-12-27)13-16(28)25(6)7/h8-13H2,1-7H3. The van der Waals surface area contributed by atoms with Crippen molar-refractivity contribution in [3.8, 4) is 0 Å². The van der Waals surface area contributed by atoms with Crippen molar-refractivity contribution in [1.29, 1.82) is 0 Å². The molecule has 0 radical (unpaired) electrons. The summed E-state index contributed by atoms with van der Waals surface area (Å²) in [6, 6.07) is 0. The van der Waals surface area contributed by atoms with Crippen LogP contribution in [0.3, 0.4) is 0 Å². The lowest BCUT2D eigenvalue weighted by atomic mass is 9.95. The monoisotopic (exact) mass is 431 g/mol. The van der Waals surface area contributed by atoms with Crippen LogP contribution in [0, 0.1) is 13.8 Å². The largest absolute Gasteiger partial charge is 0.348 e. The first-order valence-electron chi connectivity index (χ1n) is 10.5. The highest BCUT2D eigenvalue weighted by Crippen LogP contribution is 2.34. The third kappa shape index (κ3) is 4.64. The van der Waals surface area contributed by atoms with Crippen LogP contribution in [0.5, 0.6) is 0 Å². The number of aryl methyl sites for hydroxylation is 2. The maximum atomic E-state index is 13.4. The second-order valence-corrected chi connectivity index (χ2v) is 10.3. The number of thiophene rings is 1. The van der Waals surface area contributed by atoms with Gasteiger partial charge < -0.3 is 9.80 Å². The number of aromatic nitrogens is 2. The molecule has 0 aromatic carbocycles. The first-order valence-corrected chi connectivity index (χ1v) is 11.3. The van der Waals surface area contributed by atoms with Gasteiger partial charge in [-0.25, -0.2) is 9.97 Å². The lowest BCUT2D eigenvalue weighted by Crippen LogP contribution is -2.39. The highest BCUT2D eigenvalue weighted by molar-refractivity contribution is 7.20. The van der Waals surface area contributed by atoms with Crippen LogP contribution in [0.2, 0.25) is 0 Å². The molecule has 0 atom stereocenters. The Morgan fingerprint density at radius 1 is 1.07 bits per heavy atom. The minimum atomic E-state index is -0.140. The van der Waals surface area contributed by atoms with Crippen molar-refractivity contribution in [2.45, 2.75) is 46.5 Å². The molecule has 1 aliphatic rings. The van der Waals surface area contributed by atoms with E-state index in [2.05, 4.69) is 25.7 Å². The van der Waals surface area contributed by atoms with Crippen molar-refractivity contribution >= 4 is 33.4 Å². The molecule has 3 heterocycles. The van der Waals surface area contributed by atoms with E-state index in [-0.39, 0.29) is 17.2 Å². The first kappa shape index (κ1) is 22.6. The van der Waals surface area contributed by atoms with Crippen LogP contribution in [0.1, 0.15) is 53.9 Å². The molecule has 1 fully saturated rings. The molecule has 1 aliphatic heterocycles. The van der Waals surface area contributed by atoms with E-state index in [1.807, 2.05) is 18.7 Å². The van der Waals surface area contributed by atoms with Gasteiger partial charge in [0.2, 0.25) is 5.91 Å². The van der Waals surface area contributed by atoms with Crippen LogP contribution >= 0.6 is 11.3 Å². The Morgan fingerprint density at radius 3 is 2.40 bits per heavy atom. The minimum Gasteiger partial charge on any atom is -0.348 e. The first-order chi connectivity index (χ1) is 14.0. The molecule has 0 aliphatic carbocycles. The number of carbonyl (C=O) groups excluding carboxylic acids is 2. The lowest BCUT2D eigenvalue weighted by molar-refractivity contribution is -0.129. The molecule has 8 heteroatoms. The van der Waals surface area contributed by atoms with E-state index in [9.17, 15) is 9.59 Å². The Balaban J connectivity index is 1.82. The van der Waals surface area contributed by atoms with Gasteiger partial charge in [-0.3, -0.25) is 14.5 Å². The second-order valence-electron chi connectivity index (χ2n) is 9.33. The summed E-state index contributed by atoms with van der Waals surface area (Å²) in [6.45, 7) is 13.6. The van der Waals surface area contributed by atoms with Crippen LogP contribution in [0.25, 0.3) is 10.2 Å². The Kier molecular flexibility index (Phi) is 6.48. The molecule has 30 heavy (non-hydrogen) atoms. The molecule has 0 bridgehead atoms. The number of carbonyl (C=O) groups is 2. The summed E-state index contributed by atoms with van der Waals surface area (Å²) >= 11 is 1.48. The number of nitrogens with zero attached hydrogens (tertiary/aromatic N) is 5. The summed E-state index contributed by atoms with van der Waals surface area (Å²) in [7, 11) is 3.55. The van der Waals surface area contributed by atoms with Crippen LogP contribution in [0.15, 0.2) is 0 Å². The SMILES string of the molecule is Cc1nc(C(C)(C)C)nc2sc(C(=O)N3CCCN(CC(=O)N(C)C)CC3)c(C)c12. The van der Waals surface area contributed by atoms with Crippen molar-refractivity contribution in [3.05, 3.63) is 22.0 Å². The Bertz CT molecular complexity index is 961. The fourth-order valence-electron chi connectivity index (χ4n) is 3.69. The Labute approximate surface area is 183 Å². The third-order valence-corrected chi connectivity index (χ3v) is 6.74. The van der Waals surface area contributed by atoms with Crippen LogP contribution in [-0.4, -0.2) is 83.3 Å². The third-order valence-electron chi connectivity index (χ3n) is 5.57. The summed E-state index contributed by atoms with van der Waals surface area (Å²) in [5.74, 6) is 0.968. The van der Waals surface area contributed by atoms with Gasteiger partial charge in [-0.1, -0.05) is 20.8 Å². The maximum absolute atomic E-state index is 13.4. The Morgan fingerprint density at radius 2 is 1.77 bits per heavy atom. The van der Waals surface area contributed by atoms with E-state index in [1.165, 1.54) is 11.3 Å². The second kappa shape index (κ2) is 8.59. The van der Waals surface area contributed by atoms with Gasteiger partial charge in [0.1, 0.15) is 10.7 Å². The van der Waals surface area contributed by atoms with Crippen molar-refractivity contribution < 1.29 is 9.59 Å². The summed E-state index contributed by atoms with van der Waals surface area (Å²) in [5, 5.41) is 1.00. The highest BCUT2D eigenvalue weighted by atomic mass is 32.1. The molecule has 2 aromatic heterocycles. The number of amides is 2. The molecule has 164 valence electrons. The summed E-state index contributed by atoms with van der Waals surface area (Å²) in [5.41, 5.74) is 1.77. The van der Waals surface area contributed by atoms with Crippen molar-refractivity contribution in [1.82, 2.24) is 24.7 Å². The van der Waals surface area contributed by atoms with Crippen LogP contribution < -0.4 is 0 Å². The molecule has 3 rings (SSSR count). The average Bonchev–Trinajstić information content (AvgIpc) is 2.83. The molecule has 0 unspecified atom stereocenters. The van der Waals surface area contributed by atoms with Crippen molar-refractivity contribution in [3.63, 3.8) is 0 Å². The number of hydrogen-bond acceptors (Lipinski definition) is 6. The van der Waals surface area contributed by atoms with Crippen LogP contribution in [-0.2, 0) is 10.2 Å². The predicted molar refractivity (Wildman–Crippen MR) is 121 cm³/mol. The quantitative estimate of drug-likeness (QED) is 0.747. The number of hydrogen-bond donors (Lipinski definition) is 0. The molecular formula is C22H33N5O2S. The van der Waals surface area contributed by atoms with Crippen molar-refractivity contribution in [2.24, 2.45) is 0 Å². The molecule has 2 aromatic rings. The van der Waals surface area contributed by atoms with Gasteiger partial charge in [-0.2, -0.15) is 0 Å². The van der Waals surface area contributed by atoms with Gasteiger partial charge >= 0.3 is 0 Å². The fraction of sp³-hybridized carbons (Fsp3) is 0.636. The fourth-order valence-corrected chi connectivity index (χ4v) is 4.89. The molecular weight excluding hydrogens is 398 g/mol. The van der Waals surface area contributed by atoms with Gasteiger partial charge in [0.15, 0.2) is 0 Å². The van der Waals surface area contributed by atoms with Gasteiger partial charge in [-0.15, -0.1) is 11.3 Å². The smallest absolute Gasteiger partial charge is 0.264 e. The average molecular weight is 432 g/mol. The molecule has 0 N–H and O–H groups in total. The summed E-state index contributed by atoms with van der Waals surface area (Å²) in [4.78, 5) is 42.2. The van der Waals surface area contributed by atoms with Gasteiger partial charge in [0.05, 0.1) is 17.1 Å². The summed E-state index contributed by atoms with van der Waals surface area (Å²) in [6.07, 6.45) is 0.864. The number of rotatable bonds is 3. The van der Waals surface area contributed by atoms with E-state index in [4.69, 9.17) is 9.97 Å². The molecule has 0 saturated carbocycles. The van der Waals surface area contributed by atoms with E-state index >= 15 is 0 Å². The van der Waals surface area contributed by atoms with E-state index < -0.39 is 0 Å². The zero-order valence-corrected chi connectivity index (χ0v) is 20.0. The lowest BCUT2D eigenvalue weighted by Gasteiger charge is -2.22. The topological polar surface area (TPSA) is 69.6 Å². The molecule has 7 nitrogen and oxygen atoms in total. The molecule has 2 amide bonds. The predicted octanol–water partition coefficient (Wildman–Crippen LogP) is 2.84. The van der Waals surface area contributed by atoms with E-state index in [0.29, 0.717) is 26.2 Å². The van der Waals surface area contributed by atoms with Gasteiger partial charge in [0.25, 0.3) is 5.91 Å². The maximum Gasteiger partial charge on any atom is 0.264 e. The summed E-state index contributed by atoms with van der Waals surface area (Å²) < 4.78 is 0. The van der Waals surface area contributed by atoms with Crippen molar-refractivity contribution in [2.75, 3.05) is 46.8 Å². The van der Waals surface area contributed by atoms with Gasteiger partial charge in [0, 0.05) is 51.1 Å². The number of likely N-dealkylation sites (N-methyl/N-ethyl adjacent to an activating group) is 1. The van der Waals surface area contributed by atoms with E-state index in [0.717, 1.165) is 45.1 Å². The highest BCUT2D eigenvalue weighted by Gasteiger charge is 2.27. The zero-order chi connectivity index (χ0) is 22.2. The van der Waals surface area contributed by atoms with Gasteiger partial charge in [-0.05, 0) is 25.8 Å². The van der Waals surface area contributed by atoms with E-state index in [1.54, 1.807) is 19.0 Å². The number of fused-ring (bicyclic) bond motifs is 1. The minimum absolute atomic E-state index is 0.0630. The molecule has 0 spiro atoms. The molecule has 1 saturated heterocycles. The van der Waals surface area contributed by atoms with Crippen LogP contribution in [0.4, 0.5) is 0 Å².